The first-order chi connectivity index (χ1) is 9.52. The first kappa shape index (κ1) is 15.0. The van der Waals surface area contributed by atoms with Gasteiger partial charge in [-0.05, 0) is 52.6 Å². The average Bonchev–Trinajstić information content (AvgIpc) is 2.95. The summed E-state index contributed by atoms with van der Waals surface area (Å²) < 4.78 is 7.33. The number of nitrogens with zero attached hydrogens (tertiary/aromatic N) is 2. The number of carbonyl (C=O) groups excluding carboxylic acids is 1. The smallest absolute Gasteiger partial charge is 0.326 e. The first-order valence-electron chi connectivity index (χ1n) is 7.47. The zero-order valence-corrected chi connectivity index (χ0v) is 12.9. The Hall–Kier alpha value is -1.36. The molecule has 20 heavy (non-hydrogen) atoms. The van der Waals surface area contributed by atoms with Crippen LogP contribution >= 0.6 is 0 Å². The molecule has 0 aromatic carbocycles. The summed E-state index contributed by atoms with van der Waals surface area (Å²) in [4.78, 5) is 12.3. The highest BCUT2D eigenvalue weighted by atomic mass is 16.5. The van der Waals surface area contributed by atoms with Crippen molar-refractivity contribution in [2.45, 2.75) is 58.5 Å². The van der Waals surface area contributed by atoms with E-state index in [1.165, 1.54) is 0 Å². The SMILES string of the molecule is CCNC1(C(=O)OCC)CCC(n2nc(C)cc2C)C1. The number of aromatic nitrogens is 2. The molecule has 0 amide bonds. The topological polar surface area (TPSA) is 56.1 Å². The number of likely N-dealkylation sites (N-methyl/N-ethyl adjacent to an activating group) is 1. The number of esters is 1. The van der Waals surface area contributed by atoms with Crippen LogP contribution in [0.3, 0.4) is 0 Å². The van der Waals surface area contributed by atoms with Crippen LogP contribution in [0.5, 0.6) is 0 Å². The highest BCUT2D eigenvalue weighted by Gasteiger charge is 2.46. The van der Waals surface area contributed by atoms with Crippen LogP contribution in [0.1, 0.15) is 50.5 Å². The van der Waals surface area contributed by atoms with Crippen molar-refractivity contribution in [1.82, 2.24) is 15.1 Å². The summed E-state index contributed by atoms with van der Waals surface area (Å²) in [6.45, 7) is 9.14. The van der Waals surface area contributed by atoms with Crippen LogP contribution in [-0.2, 0) is 9.53 Å². The summed E-state index contributed by atoms with van der Waals surface area (Å²) in [6.07, 6.45) is 2.51. The molecule has 5 nitrogen and oxygen atoms in total. The summed E-state index contributed by atoms with van der Waals surface area (Å²) in [5, 5.41) is 7.91. The van der Waals surface area contributed by atoms with Crippen molar-refractivity contribution in [1.29, 1.82) is 0 Å². The van der Waals surface area contributed by atoms with Crippen molar-refractivity contribution >= 4 is 5.97 Å². The normalized spacial score (nSPS) is 25.9. The molecule has 2 atom stereocenters. The second-order valence-electron chi connectivity index (χ2n) is 5.60. The molecule has 0 aliphatic heterocycles. The van der Waals surface area contributed by atoms with Crippen LogP contribution in [0.2, 0.25) is 0 Å². The number of aryl methyl sites for hydroxylation is 2. The lowest BCUT2D eigenvalue weighted by Crippen LogP contribution is -2.51. The largest absolute Gasteiger partial charge is 0.465 e. The van der Waals surface area contributed by atoms with Gasteiger partial charge in [-0.2, -0.15) is 5.10 Å². The number of hydrogen-bond donors (Lipinski definition) is 1. The summed E-state index contributed by atoms with van der Waals surface area (Å²) in [6, 6.07) is 2.35. The molecule has 1 aromatic rings. The number of rotatable bonds is 5. The van der Waals surface area contributed by atoms with E-state index in [-0.39, 0.29) is 12.0 Å². The fraction of sp³-hybridized carbons (Fsp3) is 0.733. The summed E-state index contributed by atoms with van der Waals surface area (Å²) in [7, 11) is 0. The molecule has 0 radical (unpaired) electrons. The Morgan fingerprint density at radius 2 is 2.30 bits per heavy atom. The van der Waals surface area contributed by atoms with Gasteiger partial charge in [0.1, 0.15) is 5.54 Å². The quantitative estimate of drug-likeness (QED) is 0.839. The molecule has 1 heterocycles. The second-order valence-corrected chi connectivity index (χ2v) is 5.60. The Morgan fingerprint density at radius 3 is 2.85 bits per heavy atom. The van der Waals surface area contributed by atoms with E-state index in [2.05, 4.69) is 28.1 Å². The van der Waals surface area contributed by atoms with Gasteiger partial charge < -0.3 is 10.1 Å². The van der Waals surface area contributed by atoms with Gasteiger partial charge in [0.2, 0.25) is 0 Å². The molecule has 1 aromatic heterocycles. The molecular weight excluding hydrogens is 254 g/mol. The fourth-order valence-electron chi connectivity index (χ4n) is 3.27. The van der Waals surface area contributed by atoms with Gasteiger partial charge in [-0.15, -0.1) is 0 Å². The van der Waals surface area contributed by atoms with Crippen LogP contribution in [-0.4, -0.2) is 34.4 Å². The zero-order valence-electron chi connectivity index (χ0n) is 12.9. The Bertz CT molecular complexity index is 483. The molecule has 1 aliphatic rings. The molecule has 1 saturated carbocycles. The van der Waals surface area contributed by atoms with Gasteiger partial charge in [0, 0.05) is 5.69 Å². The number of ether oxygens (including phenoxy) is 1. The Balaban J connectivity index is 2.19. The molecule has 112 valence electrons. The molecule has 0 bridgehead atoms. The average molecular weight is 279 g/mol. The summed E-state index contributed by atoms with van der Waals surface area (Å²) >= 11 is 0. The third-order valence-electron chi connectivity index (χ3n) is 4.06. The van der Waals surface area contributed by atoms with Crippen molar-refractivity contribution in [3.8, 4) is 0 Å². The molecule has 0 saturated heterocycles. The minimum atomic E-state index is -0.540. The van der Waals surface area contributed by atoms with Gasteiger partial charge in [-0.25, -0.2) is 0 Å². The van der Waals surface area contributed by atoms with Crippen LogP contribution in [0.15, 0.2) is 6.07 Å². The lowest BCUT2D eigenvalue weighted by Gasteiger charge is -2.28. The number of hydrogen-bond acceptors (Lipinski definition) is 4. The molecule has 1 N–H and O–H groups in total. The van der Waals surface area contributed by atoms with Crippen molar-refractivity contribution in [2.75, 3.05) is 13.2 Å². The predicted molar refractivity (Wildman–Crippen MR) is 77.6 cm³/mol. The van der Waals surface area contributed by atoms with Gasteiger partial charge in [0.15, 0.2) is 0 Å². The van der Waals surface area contributed by atoms with E-state index in [0.717, 1.165) is 37.2 Å². The van der Waals surface area contributed by atoms with E-state index in [9.17, 15) is 4.79 Å². The van der Waals surface area contributed by atoms with Crippen LogP contribution in [0, 0.1) is 13.8 Å². The first-order valence-corrected chi connectivity index (χ1v) is 7.47. The van der Waals surface area contributed by atoms with E-state index in [1.54, 1.807) is 0 Å². The standard InChI is InChI=1S/C15H25N3O2/c1-5-16-15(14(19)20-6-2)8-7-13(10-15)18-12(4)9-11(3)17-18/h9,13,16H,5-8,10H2,1-4H3. The Kier molecular flexibility index (Phi) is 4.48. The third-order valence-corrected chi connectivity index (χ3v) is 4.06. The maximum absolute atomic E-state index is 12.3. The van der Waals surface area contributed by atoms with Crippen molar-refractivity contribution in [3.05, 3.63) is 17.5 Å². The van der Waals surface area contributed by atoms with Gasteiger partial charge in [-0.1, -0.05) is 6.92 Å². The van der Waals surface area contributed by atoms with E-state index in [1.807, 2.05) is 20.8 Å². The molecular formula is C15H25N3O2. The number of nitrogens with one attached hydrogen (secondary N) is 1. The van der Waals surface area contributed by atoms with Crippen LogP contribution < -0.4 is 5.32 Å². The van der Waals surface area contributed by atoms with E-state index in [4.69, 9.17) is 4.74 Å². The van der Waals surface area contributed by atoms with Crippen LogP contribution in [0.4, 0.5) is 0 Å². The van der Waals surface area contributed by atoms with E-state index < -0.39 is 5.54 Å². The van der Waals surface area contributed by atoms with E-state index >= 15 is 0 Å². The predicted octanol–water partition coefficient (Wildman–Crippen LogP) is 2.14. The lowest BCUT2D eigenvalue weighted by atomic mass is 9.97. The Labute approximate surface area is 120 Å². The molecule has 1 fully saturated rings. The minimum absolute atomic E-state index is 0.120. The van der Waals surface area contributed by atoms with Gasteiger partial charge >= 0.3 is 5.97 Å². The minimum Gasteiger partial charge on any atom is -0.465 e. The van der Waals surface area contributed by atoms with Crippen molar-refractivity contribution in [2.24, 2.45) is 0 Å². The lowest BCUT2D eigenvalue weighted by molar-refractivity contribution is -0.151. The zero-order chi connectivity index (χ0) is 14.8. The molecule has 2 rings (SSSR count). The van der Waals surface area contributed by atoms with E-state index in [0.29, 0.717) is 6.61 Å². The summed E-state index contributed by atoms with van der Waals surface area (Å²) in [5.41, 5.74) is 1.64. The Morgan fingerprint density at radius 1 is 1.55 bits per heavy atom. The van der Waals surface area contributed by atoms with Gasteiger partial charge in [-0.3, -0.25) is 9.48 Å². The maximum Gasteiger partial charge on any atom is 0.326 e. The highest BCUT2D eigenvalue weighted by molar-refractivity contribution is 5.81. The molecule has 1 aliphatic carbocycles. The second kappa shape index (κ2) is 5.95. The molecule has 5 heteroatoms. The fourth-order valence-corrected chi connectivity index (χ4v) is 3.27. The third kappa shape index (κ3) is 2.73. The highest BCUT2D eigenvalue weighted by Crippen LogP contribution is 2.39. The molecule has 0 spiro atoms. The van der Waals surface area contributed by atoms with Crippen molar-refractivity contribution < 1.29 is 9.53 Å². The molecule has 2 unspecified atom stereocenters. The summed E-state index contributed by atoms with van der Waals surface area (Å²) in [5.74, 6) is -0.120. The van der Waals surface area contributed by atoms with Crippen molar-refractivity contribution in [3.63, 3.8) is 0 Å². The van der Waals surface area contributed by atoms with Gasteiger partial charge in [0.25, 0.3) is 0 Å². The van der Waals surface area contributed by atoms with Crippen LogP contribution in [0.25, 0.3) is 0 Å². The number of carbonyl (C=O) groups is 1. The van der Waals surface area contributed by atoms with Gasteiger partial charge in [0.05, 0.1) is 18.3 Å². The monoisotopic (exact) mass is 279 g/mol. The maximum atomic E-state index is 12.3.